The van der Waals surface area contributed by atoms with E-state index in [0.717, 1.165) is 33.3 Å². The molecule has 1 fully saturated rings. The molecule has 4 rings (SSSR count). The molecule has 1 aliphatic rings. The fourth-order valence-electron chi connectivity index (χ4n) is 3.69. The molecule has 134 valence electrons. The standard InChI is InChI=1S/C22H24N2O2/c1-14-10-21(15(2)24(14)19-7-8-19)22(25)23-13-16-4-5-18-12-20(26-3)9-6-17(18)11-16/h4-6,9-12,19H,7-8,13H2,1-3H3,(H,23,25). The van der Waals surface area contributed by atoms with Crippen LogP contribution >= 0.6 is 0 Å². The van der Waals surface area contributed by atoms with Gasteiger partial charge in [-0.05, 0) is 67.3 Å². The molecule has 0 bridgehead atoms. The highest BCUT2D eigenvalue weighted by Crippen LogP contribution is 2.38. The number of amides is 1. The smallest absolute Gasteiger partial charge is 0.253 e. The van der Waals surface area contributed by atoms with E-state index in [0.29, 0.717) is 12.6 Å². The van der Waals surface area contributed by atoms with Crippen LogP contribution < -0.4 is 10.1 Å². The SMILES string of the molecule is COc1ccc2cc(CNC(=O)c3cc(C)n(C4CC4)c3C)ccc2c1. The van der Waals surface area contributed by atoms with Crippen LogP contribution in [-0.2, 0) is 6.54 Å². The van der Waals surface area contributed by atoms with E-state index in [1.165, 1.54) is 18.5 Å². The molecule has 0 aliphatic heterocycles. The second-order valence-corrected chi connectivity index (χ2v) is 7.12. The van der Waals surface area contributed by atoms with E-state index in [1.54, 1.807) is 7.11 Å². The molecule has 0 saturated heterocycles. The minimum absolute atomic E-state index is 0.000159. The number of rotatable bonds is 5. The van der Waals surface area contributed by atoms with E-state index >= 15 is 0 Å². The van der Waals surface area contributed by atoms with Gasteiger partial charge < -0.3 is 14.6 Å². The lowest BCUT2D eigenvalue weighted by Crippen LogP contribution is -2.23. The summed E-state index contributed by atoms with van der Waals surface area (Å²) < 4.78 is 7.57. The molecule has 0 radical (unpaired) electrons. The van der Waals surface area contributed by atoms with Gasteiger partial charge in [-0.25, -0.2) is 0 Å². The van der Waals surface area contributed by atoms with Crippen molar-refractivity contribution >= 4 is 16.7 Å². The molecular formula is C22H24N2O2. The van der Waals surface area contributed by atoms with Gasteiger partial charge in [0.15, 0.2) is 0 Å². The highest BCUT2D eigenvalue weighted by atomic mass is 16.5. The van der Waals surface area contributed by atoms with Gasteiger partial charge >= 0.3 is 0 Å². The number of hydrogen-bond donors (Lipinski definition) is 1. The van der Waals surface area contributed by atoms with Crippen molar-refractivity contribution < 1.29 is 9.53 Å². The summed E-state index contributed by atoms with van der Waals surface area (Å²) in [5.74, 6) is 0.851. The monoisotopic (exact) mass is 348 g/mol. The van der Waals surface area contributed by atoms with Gasteiger partial charge in [-0.3, -0.25) is 4.79 Å². The molecule has 2 aromatic carbocycles. The first-order valence-electron chi connectivity index (χ1n) is 9.10. The molecule has 0 unspecified atom stereocenters. The fraction of sp³-hybridized carbons (Fsp3) is 0.318. The minimum Gasteiger partial charge on any atom is -0.497 e. The second-order valence-electron chi connectivity index (χ2n) is 7.12. The number of ether oxygens (including phenoxy) is 1. The minimum atomic E-state index is -0.000159. The maximum Gasteiger partial charge on any atom is 0.253 e. The summed E-state index contributed by atoms with van der Waals surface area (Å²) in [6.07, 6.45) is 2.44. The van der Waals surface area contributed by atoms with Crippen LogP contribution in [0.15, 0.2) is 42.5 Å². The largest absolute Gasteiger partial charge is 0.497 e. The normalized spacial score (nSPS) is 13.8. The molecule has 1 saturated carbocycles. The third-order valence-corrected chi connectivity index (χ3v) is 5.21. The molecular weight excluding hydrogens is 324 g/mol. The van der Waals surface area contributed by atoms with Gasteiger partial charge in [0.05, 0.1) is 12.7 Å². The van der Waals surface area contributed by atoms with Crippen molar-refractivity contribution in [3.63, 3.8) is 0 Å². The van der Waals surface area contributed by atoms with E-state index in [9.17, 15) is 4.79 Å². The molecule has 3 aromatic rings. The van der Waals surface area contributed by atoms with Gasteiger partial charge in [0, 0.05) is 24.0 Å². The van der Waals surface area contributed by atoms with E-state index in [1.807, 2.05) is 31.2 Å². The summed E-state index contributed by atoms with van der Waals surface area (Å²) in [7, 11) is 1.67. The van der Waals surface area contributed by atoms with Crippen LogP contribution in [0.25, 0.3) is 10.8 Å². The number of nitrogens with one attached hydrogen (secondary N) is 1. The number of carbonyl (C=O) groups is 1. The van der Waals surface area contributed by atoms with E-state index in [-0.39, 0.29) is 5.91 Å². The number of carbonyl (C=O) groups excluding carboxylic acids is 1. The average Bonchev–Trinajstić information content (AvgIpc) is 3.43. The molecule has 1 N–H and O–H groups in total. The van der Waals surface area contributed by atoms with E-state index in [2.05, 4.69) is 35.0 Å². The molecule has 1 heterocycles. The fourth-order valence-corrected chi connectivity index (χ4v) is 3.69. The van der Waals surface area contributed by atoms with Crippen molar-refractivity contribution in [3.8, 4) is 5.75 Å². The Morgan fingerprint density at radius 3 is 2.58 bits per heavy atom. The highest BCUT2D eigenvalue weighted by Gasteiger charge is 2.28. The Morgan fingerprint density at radius 1 is 1.12 bits per heavy atom. The Morgan fingerprint density at radius 2 is 1.85 bits per heavy atom. The predicted octanol–water partition coefficient (Wildman–Crippen LogP) is 4.53. The summed E-state index contributed by atoms with van der Waals surface area (Å²) in [6, 6.07) is 14.9. The van der Waals surface area contributed by atoms with Gasteiger partial charge in [-0.2, -0.15) is 0 Å². The van der Waals surface area contributed by atoms with Gasteiger partial charge in [0.25, 0.3) is 5.91 Å². The highest BCUT2D eigenvalue weighted by molar-refractivity contribution is 5.95. The maximum absolute atomic E-state index is 12.7. The first-order chi connectivity index (χ1) is 12.6. The summed E-state index contributed by atoms with van der Waals surface area (Å²) >= 11 is 0. The summed E-state index contributed by atoms with van der Waals surface area (Å²) in [6.45, 7) is 4.65. The first kappa shape index (κ1) is 16.7. The van der Waals surface area contributed by atoms with Crippen LogP contribution in [0, 0.1) is 13.8 Å². The van der Waals surface area contributed by atoms with Crippen molar-refractivity contribution in [2.75, 3.05) is 7.11 Å². The van der Waals surface area contributed by atoms with Crippen LogP contribution in [0.5, 0.6) is 5.75 Å². The molecule has 1 amide bonds. The van der Waals surface area contributed by atoms with Crippen LogP contribution in [0.2, 0.25) is 0 Å². The lowest BCUT2D eigenvalue weighted by atomic mass is 10.1. The summed E-state index contributed by atoms with van der Waals surface area (Å²) in [4.78, 5) is 12.7. The third-order valence-electron chi connectivity index (χ3n) is 5.21. The van der Waals surface area contributed by atoms with Crippen molar-refractivity contribution in [1.29, 1.82) is 0 Å². The lowest BCUT2D eigenvalue weighted by molar-refractivity contribution is 0.0950. The Balaban J connectivity index is 1.49. The summed E-state index contributed by atoms with van der Waals surface area (Å²) in [5, 5.41) is 5.34. The predicted molar refractivity (Wildman–Crippen MR) is 104 cm³/mol. The van der Waals surface area contributed by atoms with Crippen LogP contribution in [0.3, 0.4) is 0 Å². The number of fused-ring (bicyclic) bond motifs is 1. The summed E-state index contributed by atoms with van der Waals surface area (Å²) in [5.41, 5.74) is 4.13. The number of hydrogen-bond acceptors (Lipinski definition) is 2. The van der Waals surface area contributed by atoms with Crippen molar-refractivity contribution in [2.45, 2.75) is 39.3 Å². The van der Waals surface area contributed by atoms with Crippen molar-refractivity contribution in [3.05, 3.63) is 65.0 Å². The zero-order valence-electron chi connectivity index (χ0n) is 15.5. The van der Waals surface area contributed by atoms with Gasteiger partial charge in [-0.15, -0.1) is 0 Å². The number of methoxy groups -OCH3 is 1. The number of aromatic nitrogens is 1. The molecule has 4 heteroatoms. The molecule has 1 aromatic heterocycles. The number of nitrogens with zero attached hydrogens (tertiary/aromatic N) is 1. The molecule has 0 spiro atoms. The molecule has 4 nitrogen and oxygen atoms in total. The molecule has 1 aliphatic carbocycles. The van der Waals surface area contributed by atoms with E-state index < -0.39 is 0 Å². The Kier molecular flexibility index (Phi) is 4.19. The second kappa shape index (κ2) is 6.52. The number of aryl methyl sites for hydroxylation is 1. The van der Waals surface area contributed by atoms with E-state index in [4.69, 9.17) is 4.74 Å². The zero-order valence-corrected chi connectivity index (χ0v) is 15.5. The van der Waals surface area contributed by atoms with Gasteiger partial charge in [-0.1, -0.05) is 18.2 Å². The van der Waals surface area contributed by atoms with Crippen molar-refractivity contribution in [2.24, 2.45) is 0 Å². The maximum atomic E-state index is 12.7. The number of benzene rings is 2. The Bertz CT molecular complexity index is 983. The Hall–Kier alpha value is -2.75. The lowest BCUT2D eigenvalue weighted by Gasteiger charge is -2.09. The van der Waals surface area contributed by atoms with Gasteiger partial charge in [0.1, 0.15) is 5.75 Å². The van der Waals surface area contributed by atoms with Crippen LogP contribution in [0.1, 0.15) is 46.2 Å². The average molecular weight is 348 g/mol. The molecule has 0 atom stereocenters. The quantitative estimate of drug-likeness (QED) is 0.736. The topological polar surface area (TPSA) is 43.3 Å². The van der Waals surface area contributed by atoms with Gasteiger partial charge in [0.2, 0.25) is 0 Å². The zero-order chi connectivity index (χ0) is 18.3. The Labute approximate surface area is 153 Å². The third kappa shape index (κ3) is 3.07. The molecule has 26 heavy (non-hydrogen) atoms. The van der Waals surface area contributed by atoms with Crippen LogP contribution in [-0.4, -0.2) is 17.6 Å². The van der Waals surface area contributed by atoms with Crippen LogP contribution in [0.4, 0.5) is 0 Å². The first-order valence-corrected chi connectivity index (χ1v) is 9.10. The van der Waals surface area contributed by atoms with Crippen molar-refractivity contribution in [1.82, 2.24) is 9.88 Å².